The first kappa shape index (κ1) is 21.2. The minimum atomic E-state index is -3.87. The van der Waals surface area contributed by atoms with Crippen molar-refractivity contribution in [1.29, 1.82) is 0 Å². The van der Waals surface area contributed by atoms with E-state index < -0.39 is 15.9 Å². The number of carbonyl (C=O) groups is 1. The van der Waals surface area contributed by atoms with E-state index in [0.717, 1.165) is 16.9 Å². The molecule has 0 aliphatic carbocycles. The Morgan fingerprint density at radius 1 is 1.17 bits per heavy atom. The van der Waals surface area contributed by atoms with Gasteiger partial charge in [0.15, 0.2) is 0 Å². The number of anilines is 1. The Morgan fingerprint density at radius 3 is 2.66 bits per heavy atom. The number of halogens is 1. The largest absolute Gasteiger partial charge is 0.492 e. The zero-order chi connectivity index (χ0) is 20.9. The van der Waals surface area contributed by atoms with E-state index in [2.05, 4.69) is 20.2 Å². The van der Waals surface area contributed by atoms with E-state index in [-0.39, 0.29) is 22.6 Å². The number of sulfonamides is 1. The van der Waals surface area contributed by atoms with Crippen LogP contribution in [0.15, 0.2) is 52.9 Å². The van der Waals surface area contributed by atoms with Crippen LogP contribution < -0.4 is 14.8 Å². The van der Waals surface area contributed by atoms with Gasteiger partial charge in [-0.25, -0.2) is 13.1 Å². The van der Waals surface area contributed by atoms with Gasteiger partial charge >= 0.3 is 0 Å². The summed E-state index contributed by atoms with van der Waals surface area (Å²) < 4.78 is 32.2. The molecular weight excluding hydrogens is 436 g/mol. The highest BCUT2D eigenvalue weighted by Gasteiger charge is 2.20. The maximum Gasteiger partial charge on any atom is 0.269 e. The summed E-state index contributed by atoms with van der Waals surface area (Å²) in [5.74, 6) is 0.184. The van der Waals surface area contributed by atoms with Gasteiger partial charge in [-0.1, -0.05) is 40.6 Å². The molecule has 0 aliphatic heterocycles. The summed E-state index contributed by atoms with van der Waals surface area (Å²) in [6.45, 7) is 2.03. The Kier molecular flexibility index (Phi) is 6.80. The second-order valence-electron chi connectivity index (χ2n) is 5.90. The maximum absolute atomic E-state index is 12.3. The third-order valence-corrected chi connectivity index (χ3v) is 6.53. The lowest BCUT2D eigenvalue weighted by atomic mass is 10.1. The minimum absolute atomic E-state index is 0.0372. The molecule has 0 bridgehead atoms. The number of nitrogens with zero attached hydrogens (tertiary/aromatic N) is 2. The van der Waals surface area contributed by atoms with E-state index in [9.17, 15) is 13.2 Å². The van der Waals surface area contributed by atoms with E-state index in [0.29, 0.717) is 16.3 Å². The van der Waals surface area contributed by atoms with Crippen molar-refractivity contribution in [3.05, 3.63) is 64.7 Å². The first-order valence-corrected chi connectivity index (χ1v) is 11.1. The predicted octanol–water partition coefficient (Wildman–Crippen LogP) is 3.11. The molecule has 8 nitrogen and oxygen atoms in total. The van der Waals surface area contributed by atoms with Crippen molar-refractivity contribution >= 4 is 44.0 Å². The van der Waals surface area contributed by atoms with Crippen LogP contribution in [-0.2, 0) is 10.0 Å². The molecule has 0 unspecified atom stereocenters. The summed E-state index contributed by atoms with van der Waals surface area (Å²) in [6, 6.07) is 13.7. The molecule has 152 valence electrons. The summed E-state index contributed by atoms with van der Waals surface area (Å²) in [6.07, 6.45) is 0. The van der Waals surface area contributed by atoms with Crippen LogP contribution in [-0.4, -0.2) is 37.7 Å². The van der Waals surface area contributed by atoms with Gasteiger partial charge < -0.3 is 4.74 Å². The minimum Gasteiger partial charge on any atom is -0.492 e. The van der Waals surface area contributed by atoms with Crippen LogP contribution in [0.5, 0.6) is 5.75 Å². The third kappa shape index (κ3) is 5.97. The van der Waals surface area contributed by atoms with Gasteiger partial charge in [0, 0.05) is 17.1 Å². The topological polar surface area (TPSA) is 110 Å². The number of ether oxygens (including phenoxy) is 1. The van der Waals surface area contributed by atoms with Gasteiger partial charge in [0.2, 0.25) is 9.47 Å². The van der Waals surface area contributed by atoms with Crippen molar-refractivity contribution in [2.45, 2.75) is 11.3 Å². The quantitative estimate of drug-likeness (QED) is 0.401. The molecule has 29 heavy (non-hydrogen) atoms. The number of nitrogens with one attached hydrogen (secondary N) is 2. The fraction of sp³-hybridized carbons (Fsp3) is 0.167. The standard InChI is InChI=1S/C18H17ClN4O4S2/c1-12-3-2-4-13(11-12)16(24)21-17-22-23-18(28-17)29(25,26)20-9-10-27-15-7-5-14(19)6-8-15/h2-8,11,20H,9-10H2,1H3,(H,21,22,24). The molecule has 0 atom stereocenters. The van der Waals surface area contributed by atoms with Crippen LogP contribution in [0.4, 0.5) is 5.13 Å². The fourth-order valence-electron chi connectivity index (χ4n) is 2.26. The van der Waals surface area contributed by atoms with Crippen LogP contribution in [0.2, 0.25) is 5.02 Å². The Balaban J connectivity index is 1.54. The molecule has 0 spiro atoms. The number of aromatic nitrogens is 2. The fourth-order valence-corrected chi connectivity index (χ4v) is 4.34. The molecule has 0 aliphatic rings. The van der Waals surface area contributed by atoms with Gasteiger partial charge in [-0.05, 0) is 43.3 Å². The number of aryl methyl sites for hydroxylation is 1. The highest BCUT2D eigenvalue weighted by atomic mass is 35.5. The molecule has 0 saturated heterocycles. The predicted molar refractivity (Wildman–Crippen MR) is 111 cm³/mol. The average Bonchev–Trinajstić information content (AvgIpc) is 3.16. The van der Waals surface area contributed by atoms with Crippen molar-refractivity contribution in [3.63, 3.8) is 0 Å². The molecule has 11 heteroatoms. The number of amides is 1. The van der Waals surface area contributed by atoms with E-state index in [1.807, 2.05) is 13.0 Å². The van der Waals surface area contributed by atoms with E-state index in [1.54, 1.807) is 42.5 Å². The molecule has 0 fully saturated rings. The van der Waals surface area contributed by atoms with E-state index >= 15 is 0 Å². The van der Waals surface area contributed by atoms with Crippen molar-refractivity contribution in [3.8, 4) is 5.75 Å². The maximum atomic E-state index is 12.3. The van der Waals surface area contributed by atoms with Crippen LogP contribution in [0, 0.1) is 6.92 Å². The van der Waals surface area contributed by atoms with E-state index in [1.165, 1.54) is 0 Å². The number of hydrogen-bond donors (Lipinski definition) is 2. The zero-order valence-corrected chi connectivity index (χ0v) is 17.6. The highest BCUT2D eigenvalue weighted by molar-refractivity contribution is 7.91. The summed E-state index contributed by atoms with van der Waals surface area (Å²) in [4.78, 5) is 12.2. The van der Waals surface area contributed by atoms with Crippen molar-refractivity contribution < 1.29 is 17.9 Å². The Labute approximate surface area is 176 Å². The lowest BCUT2D eigenvalue weighted by Gasteiger charge is -2.07. The van der Waals surface area contributed by atoms with Gasteiger partial charge in [-0.15, -0.1) is 10.2 Å². The molecule has 2 N–H and O–H groups in total. The average molecular weight is 453 g/mol. The molecule has 0 saturated carbocycles. The molecule has 1 amide bonds. The number of carbonyl (C=O) groups excluding carboxylic acids is 1. The molecular formula is C18H17ClN4O4S2. The molecule has 1 aromatic heterocycles. The lowest BCUT2D eigenvalue weighted by molar-refractivity contribution is 0.102. The smallest absolute Gasteiger partial charge is 0.269 e. The SMILES string of the molecule is Cc1cccc(C(=O)Nc2nnc(S(=O)(=O)NCCOc3ccc(Cl)cc3)s2)c1. The van der Waals surface area contributed by atoms with Crippen molar-refractivity contribution in [2.24, 2.45) is 0 Å². The first-order chi connectivity index (χ1) is 13.8. The third-order valence-electron chi connectivity index (χ3n) is 3.61. The van der Waals surface area contributed by atoms with Gasteiger partial charge in [0.1, 0.15) is 12.4 Å². The Bertz CT molecular complexity index is 1100. The lowest BCUT2D eigenvalue weighted by Crippen LogP contribution is -2.28. The number of rotatable bonds is 8. The second-order valence-corrected chi connectivity index (χ2v) is 9.25. The van der Waals surface area contributed by atoms with Crippen molar-refractivity contribution in [1.82, 2.24) is 14.9 Å². The number of benzene rings is 2. The summed E-state index contributed by atoms with van der Waals surface area (Å²) in [5, 5.41) is 10.6. The molecule has 0 radical (unpaired) electrons. The van der Waals surface area contributed by atoms with Gasteiger partial charge in [-0.2, -0.15) is 0 Å². The van der Waals surface area contributed by atoms with Crippen LogP contribution in [0.3, 0.4) is 0 Å². The highest BCUT2D eigenvalue weighted by Crippen LogP contribution is 2.20. The number of hydrogen-bond acceptors (Lipinski definition) is 7. The van der Waals surface area contributed by atoms with Gasteiger partial charge in [0.05, 0.1) is 0 Å². The van der Waals surface area contributed by atoms with Gasteiger partial charge in [0.25, 0.3) is 15.9 Å². The summed E-state index contributed by atoms with van der Waals surface area (Å²) in [5.41, 5.74) is 1.38. The Hall–Kier alpha value is -2.53. The van der Waals surface area contributed by atoms with E-state index in [4.69, 9.17) is 16.3 Å². The normalized spacial score (nSPS) is 11.2. The first-order valence-electron chi connectivity index (χ1n) is 8.43. The van der Waals surface area contributed by atoms with Crippen molar-refractivity contribution in [2.75, 3.05) is 18.5 Å². The Morgan fingerprint density at radius 2 is 1.93 bits per heavy atom. The monoisotopic (exact) mass is 452 g/mol. The van der Waals surface area contributed by atoms with Crippen LogP contribution in [0.1, 0.15) is 15.9 Å². The van der Waals surface area contributed by atoms with Gasteiger partial charge in [-0.3, -0.25) is 10.1 Å². The molecule has 2 aromatic carbocycles. The second kappa shape index (κ2) is 9.31. The van der Waals surface area contributed by atoms with Crippen LogP contribution >= 0.6 is 22.9 Å². The van der Waals surface area contributed by atoms with Crippen LogP contribution in [0.25, 0.3) is 0 Å². The summed E-state index contributed by atoms with van der Waals surface area (Å²) >= 11 is 6.55. The molecule has 3 rings (SSSR count). The zero-order valence-electron chi connectivity index (χ0n) is 15.3. The molecule has 1 heterocycles. The molecule has 3 aromatic rings. The summed E-state index contributed by atoms with van der Waals surface area (Å²) in [7, 11) is -3.87.